The van der Waals surface area contributed by atoms with E-state index in [9.17, 15) is 13.6 Å². The van der Waals surface area contributed by atoms with Crippen LogP contribution in [0.4, 0.5) is 8.78 Å². The molecule has 1 aromatic carbocycles. The van der Waals surface area contributed by atoms with Crippen molar-refractivity contribution in [3.63, 3.8) is 0 Å². The van der Waals surface area contributed by atoms with Crippen molar-refractivity contribution in [3.05, 3.63) is 34.9 Å². The van der Waals surface area contributed by atoms with E-state index < -0.39 is 11.6 Å². The number of carbonyl (C=O) groups is 1. The molecule has 0 atom stereocenters. The molecule has 0 saturated heterocycles. The molecule has 1 aromatic rings. The van der Waals surface area contributed by atoms with E-state index in [2.05, 4.69) is 0 Å². The van der Waals surface area contributed by atoms with Gasteiger partial charge in [-0.1, -0.05) is 6.07 Å². The van der Waals surface area contributed by atoms with Crippen molar-refractivity contribution in [1.29, 1.82) is 0 Å². The van der Waals surface area contributed by atoms with E-state index in [0.717, 1.165) is 0 Å². The summed E-state index contributed by atoms with van der Waals surface area (Å²) in [6.07, 6.45) is 0.838. The zero-order valence-corrected chi connectivity index (χ0v) is 8.43. The summed E-state index contributed by atoms with van der Waals surface area (Å²) in [6, 6.07) is 2.54. The summed E-state index contributed by atoms with van der Waals surface area (Å²) < 4.78 is 31.6. The lowest BCUT2D eigenvalue weighted by atomic mass is 10.1. The second-order valence-electron chi connectivity index (χ2n) is 3.14. The maximum atomic E-state index is 13.6. The first-order chi connectivity index (χ1) is 7.20. The quantitative estimate of drug-likeness (QED) is 0.702. The first-order valence-corrected chi connectivity index (χ1v) is 4.59. The van der Waals surface area contributed by atoms with Crippen LogP contribution in [0, 0.1) is 11.6 Å². The van der Waals surface area contributed by atoms with Gasteiger partial charge in [-0.3, -0.25) is 0 Å². The number of rotatable bonds is 5. The summed E-state index contributed by atoms with van der Waals surface area (Å²) in [6.45, 7) is 0.0974. The van der Waals surface area contributed by atoms with Crippen LogP contribution < -0.4 is 0 Å². The van der Waals surface area contributed by atoms with Crippen molar-refractivity contribution in [2.75, 3.05) is 7.11 Å². The molecule has 4 heteroatoms. The average Bonchev–Trinajstić information content (AvgIpc) is 2.22. The molecule has 82 valence electrons. The lowest BCUT2D eigenvalue weighted by Crippen LogP contribution is -2.02. The molecule has 0 aliphatic carbocycles. The molecule has 0 amide bonds. The van der Waals surface area contributed by atoms with Crippen molar-refractivity contribution >= 4 is 6.29 Å². The van der Waals surface area contributed by atoms with Gasteiger partial charge in [0.25, 0.3) is 0 Å². The van der Waals surface area contributed by atoms with Gasteiger partial charge in [0.15, 0.2) is 0 Å². The Morgan fingerprint density at radius 2 is 2.13 bits per heavy atom. The van der Waals surface area contributed by atoms with Gasteiger partial charge in [0.1, 0.15) is 17.9 Å². The van der Waals surface area contributed by atoms with Crippen LogP contribution in [0.1, 0.15) is 17.5 Å². The Kier molecular flexibility index (Phi) is 4.37. The van der Waals surface area contributed by atoms with Crippen LogP contribution in [-0.4, -0.2) is 13.4 Å². The molecule has 0 fully saturated rings. The van der Waals surface area contributed by atoms with Crippen LogP contribution in [0.15, 0.2) is 12.1 Å². The molecular formula is C11H12F2O2. The molecule has 0 radical (unpaired) electrons. The van der Waals surface area contributed by atoms with Crippen LogP contribution >= 0.6 is 0 Å². The third-order valence-corrected chi connectivity index (χ3v) is 2.08. The van der Waals surface area contributed by atoms with Crippen LogP contribution in [-0.2, 0) is 22.6 Å². The van der Waals surface area contributed by atoms with Gasteiger partial charge in [0.2, 0.25) is 0 Å². The van der Waals surface area contributed by atoms with Crippen molar-refractivity contribution in [2.45, 2.75) is 19.4 Å². The van der Waals surface area contributed by atoms with Gasteiger partial charge in [0, 0.05) is 24.7 Å². The fourth-order valence-electron chi connectivity index (χ4n) is 1.35. The van der Waals surface area contributed by atoms with Crippen LogP contribution in [0.2, 0.25) is 0 Å². The normalized spacial score (nSPS) is 10.3. The number of methoxy groups -OCH3 is 1. The first-order valence-electron chi connectivity index (χ1n) is 4.59. The van der Waals surface area contributed by atoms with Crippen LogP contribution in [0.5, 0.6) is 0 Å². The molecule has 0 aliphatic rings. The molecule has 0 aliphatic heterocycles. The van der Waals surface area contributed by atoms with Crippen molar-refractivity contribution in [2.24, 2.45) is 0 Å². The second kappa shape index (κ2) is 5.56. The van der Waals surface area contributed by atoms with E-state index in [1.807, 2.05) is 0 Å². The van der Waals surface area contributed by atoms with E-state index in [0.29, 0.717) is 11.8 Å². The zero-order chi connectivity index (χ0) is 11.3. The number of halogens is 2. The summed E-state index contributed by atoms with van der Waals surface area (Å²) in [4.78, 5) is 10.1. The van der Waals surface area contributed by atoms with Crippen molar-refractivity contribution < 1.29 is 18.3 Å². The van der Waals surface area contributed by atoms with Gasteiger partial charge < -0.3 is 9.53 Å². The average molecular weight is 214 g/mol. The standard InChI is InChI=1S/C11H12F2O2/c1-15-7-8-4-5-10(12)9(11(8)13)3-2-6-14/h4-6H,2-3,7H2,1H3. The minimum atomic E-state index is -0.616. The largest absolute Gasteiger partial charge is 0.380 e. The third kappa shape index (κ3) is 2.83. The Bertz CT molecular complexity index is 351. The second-order valence-corrected chi connectivity index (χ2v) is 3.14. The maximum absolute atomic E-state index is 13.6. The Balaban J connectivity index is 3.00. The number of benzene rings is 1. The third-order valence-electron chi connectivity index (χ3n) is 2.08. The molecule has 0 saturated carbocycles. The molecule has 0 heterocycles. The van der Waals surface area contributed by atoms with Gasteiger partial charge in [-0.05, 0) is 12.5 Å². The fourth-order valence-corrected chi connectivity index (χ4v) is 1.35. The number of carbonyl (C=O) groups excluding carboxylic acids is 1. The monoisotopic (exact) mass is 214 g/mol. The molecule has 1 rings (SSSR count). The molecule has 0 N–H and O–H groups in total. The highest BCUT2D eigenvalue weighted by Gasteiger charge is 2.12. The predicted molar refractivity (Wildman–Crippen MR) is 51.5 cm³/mol. The lowest BCUT2D eigenvalue weighted by Gasteiger charge is -2.07. The number of hydrogen-bond acceptors (Lipinski definition) is 2. The van der Waals surface area contributed by atoms with E-state index >= 15 is 0 Å². The molecule has 0 bridgehead atoms. The summed E-state index contributed by atoms with van der Waals surface area (Å²) in [5.41, 5.74) is 0.261. The maximum Gasteiger partial charge on any atom is 0.134 e. The molecule has 0 spiro atoms. The first kappa shape index (κ1) is 11.8. The Morgan fingerprint density at radius 1 is 1.40 bits per heavy atom. The molecule has 2 nitrogen and oxygen atoms in total. The zero-order valence-electron chi connectivity index (χ0n) is 8.43. The number of aldehydes is 1. The Hall–Kier alpha value is -1.29. The van der Waals surface area contributed by atoms with Crippen LogP contribution in [0.25, 0.3) is 0 Å². The highest BCUT2D eigenvalue weighted by Crippen LogP contribution is 2.18. The molecule has 15 heavy (non-hydrogen) atoms. The van der Waals surface area contributed by atoms with E-state index in [1.54, 1.807) is 0 Å². The highest BCUT2D eigenvalue weighted by molar-refractivity contribution is 5.50. The lowest BCUT2D eigenvalue weighted by molar-refractivity contribution is -0.107. The summed E-state index contributed by atoms with van der Waals surface area (Å²) in [5, 5.41) is 0. The summed E-state index contributed by atoms with van der Waals surface area (Å²) in [7, 11) is 1.44. The minimum Gasteiger partial charge on any atom is -0.380 e. The van der Waals surface area contributed by atoms with Crippen molar-refractivity contribution in [3.8, 4) is 0 Å². The van der Waals surface area contributed by atoms with Gasteiger partial charge in [-0.2, -0.15) is 0 Å². The molecular weight excluding hydrogens is 202 g/mol. The molecule has 0 aromatic heterocycles. The smallest absolute Gasteiger partial charge is 0.134 e. The van der Waals surface area contributed by atoms with Crippen molar-refractivity contribution in [1.82, 2.24) is 0 Å². The van der Waals surface area contributed by atoms with E-state index in [1.165, 1.54) is 19.2 Å². The topological polar surface area (TPSA) is 26.3 Å². The number of ether oxygens (including phenoxy) is 1. The van der Waals surface area contributed by atoms with Gasteiger partial charge in [-0.15, -0.1) is 0 Å². The summed E-state index contributed by atoms with van der Waals surface area (Å²) >= 11 is 0. The Morgan fingerprint density at radius 3 is 2.73 bits per heavy atom. The highest BCUT2D eigenvalue weighted by atomic mass is 19.1. The van der Waals surface area contributed by atoms with Gasteiger partial charge in [0.05, 0.1) is 6.61 Å². The summed E-state index contributed by atoms with van der Waals surface area (Å²) in [5.74, 6) is -1.23. The van der Waals surface area contributed by atoms with Crippen LogP contribution in [0.3, 0.4) is 0 Å². The molecule has 0 unspecified atom stereocenters. The Labute approximate surface area is 86.9 Å². The number of hydrogen-bond donors (Lipinski definition) is 0. The predicted octanol–water partition coefficient (Wildman–Crippen LogP) is 2.24. The minimum absolute atomic E-state index is 0.0448. The van der Waals surface area contributed by atoms with E-state index in [-0.39, 0.29) is 25.0 Å². The fraction of sp³-hybridized carbons (Fsp3) is 0.364. The van der Waals surface area contributed by atoms with Gasteiger partial charge >= 0.3 is 0 Å². The SMILES string of the molecule is COCc1ccc(F)c(CCC=O)c1F. The van der Waals surface area contributed by atoms with E-state index in [4.69, 9.17) is 4.74 Å². The van der Waals surface area contributed by atoms with Gasteiger partial charge in [-0.25, -0.2) is 8.78 Å².